The minimum atomic E-state index is 0.136. The molecule has 0 aliphatic heterocycles. The van der Waals surface area contributed by atoms with Gasteiger partial charge in [-0.2, -0.15) is 4.98 Å². The van der Waals surface area contributed by atoms with E-state index in [1.54, 1.807) is 18.2 Å². The van der Waals surface area contributed by atoms with Gasteiger partial charge in [0.1, 0.15) is 5.02 Å². The maximum absolute atomic E-state index is 5.92. The largest absolute Gasteiger partial charge is 0.368 e. The Balaban J connectivity index is 2.31. The number of nitrogens with two attached hydrogens (primary N) is 1. The molecule has 17 heavy (non-hydrogen) atoms. The molecule has 88 valence electrons. The van der Waals surface area contributed by atoms with E-state index in [4.69, 9.17) is 40.5 Å². The first-order chi connectivity index (χ1) is 8.06. The van der Waals surface area contributed by atoms with Gasteiger partial charge in [-0.1, -0.05) is 34.8 Å². The minimum absolute atomic E-state index is 0.136. The van der Waals surface area contributed by atoms with E-state index >= 15 is 0 Å². The summed E-state index contributed by atoms with van der Waals surface area (Å²) in [5.41, 5.74) is 6.17. The molecule has 1 aromatic heterocycles. The van der Waals surface area contributed by atoms with Gasteiger partial charge in [0.2, 0.25) is 5.95 Å². The van der Waals surface area contributed by atoms with Crippen LogP contribution in [0.2, 0.25) is 15.1 Å². The van der Waals surface area contributed by atoms with Gasteiger partial charge in [0.25, 0.3) is 0 Å². The average Bonchev–Trinajstić information content (AvgIpc) is 2.29. The number of halogens is 3. The van der Waals surface area contributed by atoms with Crippen LogP contribution in [0.25, 0.3) is 0 Å². The molecule has 0 aliphatic rings. The first-order valence-electron chi connectivity index (χ1n) is 4.56. The van der Waals surface area contributed by atoms with E-state index in [9.17, 15) is 0 Å². The van der Waals surface area contributed by atoms with Crippen LogP contribution in [0.1, 0.15) is 0 Å². The lowest BCUT2D eigenvalue weighted by Gasteiger charge is -2.08. The normalized spacial score (nSPS) is 10.3. The first kappa shape index (κ1) is 12.2. The van der Waals surface area contributed by atoms with E-state index < -0.39 is 0 Å². The van der Waals surface area contributed by atoms with Crippen molar-refractivity contribution in [3.8, 4) is 0 Å². The van der Waals surface area contributed by atoms with Crippen molar-refractivity contribution in [3.63, 3.8) is 0 Å². The number of hydrogen-bond donors (Lipinski definition) is 2. The highest BCUT2D eigenvalue weighted by Crippen LogP contribution is 2.28. The van der Waals surface area contributed by atoms with Crippen LogP contribution in [0.15, 0.2) is 24.4 Å². The van der Waals surface area contributed by atoms with E-state index in [1.165, 1.54) is 6.20 Å². The molecular formula is C10H7Cl3N4. The molecule has 0 aliphatic carbocycles. The summed E-state index contributed by atoms with van der Waals surface area (Å²) in [4.78, 5) is 7.73. The summed E-state index contributed by atoms with van der Waals surface area (Å²) in [6, 6.07) is 5.09. The number of rotatable bonds is 2. The number of hydrogen-bond acceptors (Lipinski definition) is 4. The first-order valence-corrected chi connectivity index (χ1v) is 5.70. The molecule has 0 saturated heterocycles. The summed E-state index contributed by atoms with van der Waals surface area (Å²) in [6.07, 6.45) is 1.42. The molecule has 7 heteroatoms. The number of nitrogen functional groups attached to an aromatic ring is 1. The fourth-order valence-corrected chi connectivity index (χ4v) is 1.62. The van der Waals surface area contributed by atoms with Crippen molar-refractivity contribution < 1.29 is 0 Å². The molecular weight excluding hydrogens is 282 g/mol. The van der Waals surface area contributed by atoms with Crippen molar-refractivity contribution in [2.75, 3.05) is 11.1 Å². The van der Waals surface area contributed by atoms with Crippen molar-refractivity contribution in [3.05, 3.63) is 39.5 Å². The Labute approximate surface area is 113 Å². The summed E-state index contributed by atoms with van der Waals surface area (Å²) in [5.74, 6) is 0.550. The topological polar surface area (TPSA) is 63.8 Å². The van der Waals surface area contributed by atoms with Gasteiger partial charge < -0.3 is 11.1 Å². The van der Waals surface area contributed by atoms with Gasteiger partial charge in [-0.3, -0.25) is 0 Å². The molecule has 1 heterocycles. The van der Waals surface area contributed by atoms with Gasteiger partial charge in [0.05, 0.1) is 16.2 Å². The van der Waals surface area contributed by atoms with Gasteiger partial charge in [-0.25, -0.2) is 4.98 Å². The maximum atomic E-state index is 5.92. The quantitative estimate of drug-likeness (QED) is 0.883. The van der Waals surface area contributed by atoms with Crippen LogP contribution in [-0.2, 0) is 0 Å². The lowest BCUT2D eigenvalue weighted by atomic mass is 10.3. The number of nitrogens with one attached hydrogen (secondary N) is 1. The Hall–Kier alpha value is -1.23. The molecule has 4 nitrogen and oxygen atoms in total. The van der Waals surface area contributed by atoms with Crippen molar-refractivity contribution in [1.82, 2.24) is 9.97 Å². The third kappa shape index (κ3) is 2.91. The molecule has 3 N–H and O–H groups in total. The standard InChI is InChI=1S/C10H7Cl3N4/c11-6-2-1-5(3-7(6)12)16-9-8(13)4-15-10(14)17-9/h1-4H,(H3,14,15,16,17). The van der Waals surface area contributed by atoms with Crippen molar-refractivity contribution in [2.45, 2.75) is 0 Å². The molecule has 0 atom stereocenters. The van der Waals surface area contributed by atoms with E-state index in [-0.39, 0.29) is 5.95 Å². The Kier molecular flexibility index (Phi) is 3.57. The lowest BCUT2D eigenvalue weighted by molar-refractivity contribution is 1.18. The Morgan fingerprint density at radius 3 is 2.53 bits per heavy atom. The predicted octanol–water partition coefficient (Wildman–Crippen LogP) is 3.76. The van der Waals surface area contributed by atoms with E-state index in [1.807, 2.05) is 0 Å². The van der Waals surface area contributed by atoms with Gasteiger partial charge >= 0.3 is 0 Å². The zero-order valence-electron chi connectivity index (χ0n) is 8.42. The van der Waals surface area contributed by atoms with Crippen molar-refractivity contribution >= 4 is 52.3 Å². The van der Waals surface area contributed by atoms with E-state index in [0.29, 0.717) is 26.6 Å². The molecule has 0 spiro atoms. The van der Waals surface area contributed by atoms with Crippen LogP contribution < -0.4 is 11.1 Å². The summed E-state index contributed by atoms with van der Waals surface area (Å²) < 4.78 is 0. The molecule has 0 saturated carbocycles. The maximum Gasteiger partial charge on any atom is 0.222 e. The number of benzene rings is 1. The second kappa shape index (κ2) is 4.96. The van der Waals surface area contributed by atoms with Crippen LogP contribution in [0.5, 0.6) is 0 Å². The SMILES string of the molecule is Nc1ncc(Cl)c(Nc2ccc(Cl)c(Cl)c2)n1. The highest BCUT2D eigenvalue weighted by Gasteiger charge is 2.05. The predicted molar refractivity (Wildman–Crippen MR) is 71.2 cm³/mol. The Bertz CT molecular complexity index is 559. The molecule has 0 bridgehead atoms. The number of aromatic nitrogens is 2. The average molecular weight is 290 g/mol. The number of nitrogens with zero attached hydrogens (tertiary/aromatic N) is 2. The Morgan fingerprint density at radius 2 is 1.82 bits per heavy atom. The van der Waals surface area contributed by atoms with E-state index in [2.05, 4.69) is 15.3 Å². The third-order valence-electron chi connectivity index (χ3n) is 1.95. The second-order valence-corrected chi connectivity index (χ2v) is 4.40. The van der Waals surface area contributed by atoms with Crippen LogP contribution in [0.4, 0.5) is 17.5 Å². The van der Waals surface area contributed by atoms with Gasteiger partial charge in [0, 0.05) is 5.69 Å². The smallest absolute Gasteiger partial charge is 0.222 e. The lowest BCUT2D eigenvalue weighted by Crippen LogP contribution is -2.00. The summed E-state index contributed by atoms with van der Waals surface area (Å²) >= 11 is 17.6. The van der Waals surface area contributed by atoms with E-state index in [0.717, 1.165) is 0 Å². The summed E-state index contributed by atoms with van der Waals surface area (Å²) in [7, 11) is 0. The van der Waals surface area contributed by atoms with Crippen molar-refractivity contribution in [2.24, 2.45) is 0 Å². The zero-order valence-corrected chi connectivity index (χ0v) is 10.7. The van der Waals surface area contributed by atoms with Gasteiger partial charge in [0.15, 0.2) is 5.82 Å². The third-order valence-corrected chi connectivity index (χ3v) is 2.96. The molecule has 0 fully saturated rings. The van der Waals surface area contributed by atoms with Crippen LogP contribution in [0.3, 0.4) is 0 Å². The zero-order chi connectivity index (χ0) is 12.4. The monoisotopic (exact) mass is 288 g/mol. The summed E-state index contributed by atoms with van der Waals surface area (Å²) in [6.45, 7) is 0. The fourth-order valence-electron chi connectivity index (χ4n) is 1.18. The molecule has 0 radical (unpaired) electrons. The highest BCUT2D eigenvalue weighted by molar-refractivity contribution is 6.42. The van der Waals surface area contributed by atoms with Crippen LogP contribution in [0, 0.1) is 0 Å². The fraction of sp³-hybridized carbons (Fsp3) is 0. The highest BCUT2D eigenvalue weighted by atomic mass is 35.5. The molecule has 2 aromatic rings. The second-order valence-electron chi connectivity index (χ2n) is 3.18. The van der Waals surface area contributed by atoms with Crippen molar-refractivity contribution in [1.29, 1.82) is 0 Å². The van der Waals surface area contributed by atoms with Crippen LogP contribution >= 0.6 is 34.8 Å². The summed E-state index contributed by atoms with van der Waals surface area (Å²) in [5, 5.41) is 4.26. The minimum Gasteiger partial charge on any atom is -0.368 e. The van der Waals surface area contributed by atoms with Crippen LogP contribution in [-0.4, -0.2) is 9.97 Å². The number of anilines is 3. The molecule has 0 unspecified atom stereocenters. The van der Waals surface area contributed by atoms with Gasteiger partial charge in [-0.05, 0) is 18.2 Å². The van der Waals surface area contributed by atoms with Gasteiger partial charge in [-0.15, -0.1) is 0 Å². The Morgan fingerprint density at radius 1 is 1.06 bits per heavy atom. The molecule has 1 aromatic carbocycles. The molecule has 0 amide bonds. The molecule has 2 rings (SSSR count).